The molecular formula is C17H26N6O. The van der Waals surface area contributed by atoms with Crippen LogP contribution in [-0.4, -0.2) is 34.4 Å². The second-order valence-corrected chi connectivity index (χ2v) is 5.89. The van der Waals surface area contributed by atoms with Crippen molar-refractivity contribution < 1.29 is 4.74 Å². The fourth-order valence-electron chi connectivity index (χ4n) is 2.09. The number of guanidine groups is 1. The highest BCUT2D eigenvalue weighted by molar-refractivity contribution is 5.79. The van der Waals surface area contributed by atoms with Crippen LogP contribution in [0.2, 0.25) is 0 Å². The van der Waals surface area contributed by atoms with Gasteiger partial charge in [-0.1, -0.05) is 32.0 Å². The van der Waals surface area contributed by atoms with Crippen molar-refractivity contribution in [3.63, 3.8) is 0 Å². The maximum Gasteiger partial charge on any atom is 0.191 e. The fourth-order valence-corrected chi connectivity index (χ4v) is 2.09. The molecule has 7 heteroatoms. The molecule has 1 heterocycles. The summed E-state index contributed by atoms with van der Waals surface area (Å²) in [7, 11) is 3.61. The fraction of sp³-hybridized carbons (Fsp3) is 0.471. The van der Waals surface area contributed by atoms with Gasteiger partial charge in [0.2, 0.25) is 0 Å². The van der Waals surface area contributed by atoms with Crippen molar-refractivity contribution in [1.82, 2.24) is 25.4 Å². The lowest BCUT2D eigenvalue weighted by Gasteiger charge is -2.15. The third-order valence-corrected chi connectivity index (χ3v) is 3.43. The number of benzene rings is 1. The van der Waals surface area contributed by atoms with Crippen LogP contribution in [0, 0.1) is 5.92 Å². The van der Waals surface area contributed by atoms with Crippen LogP contribution < -0.4 is 15.4 Å². The summed E-state index contributed by atoms with van der Waals surface area (Å²) in [5, 5.41) is 10.6. The number of aryl methyl sites for hydroxylation is 1. The van der Waals surface area contributed by atoms with Crippen LogP contribution in [0.4, 0.5) is 0 Å². The van der Waals surface area contributed by atoms with Crippen molar-refractivity contribution >= 4 is 5.96 Å². The van der Waals surface area contributed by atoms with Gasteiger partial charge >= 0.3 is 0 Å². The molecule has 0 saturated heterocycles. The lowest BCUT2D eigenvalue weighted by atomic mass is 10.2. The lowest BCUT2D eigenvalue weighted by molar-refractivity contribution is 0.268. The van der Waals surface area contributed by atoms with Gasteiger partial charge in [-0.3, -0.25) is 9.67 Å². The van der Waals surface area contributed by atoms with E-state index in [-0.39, 0.29) is 0 Å². The highest BCUT2D eigenvalue weighted by Crippen LogP contribution is 2.18. The molecule has 7 nitrogen and oxygen atoms in total. The van der Waals surface area contributed by atoms with E-state index in [4.69, 9.17) is 4.74 Å². The molecule has 0 radical (unpaired) electrons. The molecule has 0 aliphatic heterocycles. The first kappa shape index (κ1) is 17.8. The van der Waals surface area contributed by atoms with Gasteiger partial charge in [-0.25, -0.2) is 4.98 Å². The Hall–Kier alpha value is -2.57. The van der Waals surface area contributed by atoms with Crippen LogP contribution in [0.25, 0.3) is 0 Å². The van der Waals surface area contributed by atoms with Gasteiger partial charge in [-0.05, 0) is 12.0 Å². The maximum absolute atomic E-state index is 5.88. The minimum atomic E-state index is 0.492. The standard InChI is InChI=1S/C17H26N6O/c1-13(2)11-24-15-8-6-5-7-14(15)9-19-17(18-3)20-10-16-21-12-22-23(16)4/h5-8,12-13H,9-11H2,1-4H3,(H2,18,19,20). The van der Waals surface area contributed by atoms with E-state index in [1.807, 2.05) is 25.2 Å². The number of rotatable bonds is 7. The molecule has 1 aromatic carbocycles. The molecule has 2 rings (SSSR count). The van der Waals surface area contributed by atoms with Crippen LogP contribution in [0.15, 0.2) is 35.6 Å². The van der Waals surface area contributed by atoms with Crippen molar-refractivity contribution in [2.24, 2.45) is 18.0 Å². The van der Waals surface area contributed by atoms with Gasteiger partial charge in [0.15, 0.2) is 5.96 Å². The molecule has 24 heavy (non-hydrogen) atoms. The molecule has 1 aromatic heterocycles. The number of ether oxygens (including phenoxy) is 1. The van der Waals surface area contributed by atoms with Crippen molar-refractivity contribution in [2.75, 3.05) is 13.7 Å². The molecule has 0 spiro atoms. The quantitative estimate of drug-likeness (QED) is 0.597. The second-order valence-electron chi connectivity index (χ2n) is 5.89. The number of hydrogen-bond acceptors (Lipinski definition) is 4. The Kier molecular flexibility index (Phi) is 6.60. The van der Waals surface area contributed by atoms with Crippen molar-refractivity contribution in [3.05, 3.63) is 42.0 Å². The Bertz CT molecular complexity index is 665. The van der Waals surface area contributed by atoms with E-state index in [0.29, 0.717) is 31.6 Å². The number of aromatic nitrogens is 3. The molecular weight excluding hydrogens is 304 g/mol. The van der Waals surface area contributed by atoms with Crippen molar-refractivity contribution in [1.29, 1.82) is 0 Å². The number of aliphatic imine (C=N–C) groups is 1. The molecule has 0 aliphatic carbocycles. The Morgan fingerprint density at radius 1 is 1.25 bits per heavy atom. The van der Waals surface area contributed by atoms with E-state index < -0.39 is 0 Å². The number of hydrogen-bond donors (Lipinski definition) is 2. The average Bonchev–Trinajstić information content (AvgIpc) is 2.99. The summed E-state index contributed by atoms with van der Waals surface area (Å²) in [4.78, 5) is 8.41. The van der Waals surface area contributed by atoms with Gasteiger partial charge in [0.05, 0.1) is 13.2 Å². The van der Waals surface area contributed by atoms with Gasteiger partial charge in [-0.2, -0.15) is 5.10 Å². The molecule has 130 valence electrons. The smallest absolute Gasteiger partial charge is 0.191 e. The monoisotopic (exact) mass is 330 g/mol. The molecule has 2 N–H and O–H groups in total. The third-order valence-electron chi connectivity index (χ3n) is 3.43. The normalized spacial score (nSPS) is 11.6. The van der Waals surface area contributed by atoms with Gasteiger partial charge < -0.3 is 15.4 Å². The largest absolute Gasteiger partial charge is 0.493 e. The number of para-hydroxylation sites is 1. The SMILES string of the molecule is CN=C(NCc1ccccc1OCC(C)C)NCc1ncnn1C. The van der Waals surface area contributed by atoms with Crippen molar-refractivity contribution in [2.45, 2.75) is 26.9 Å². The van der Waals surface area contributed by atoms with E-state index in [1.165, 1.54) is 6.33 Å². The Morgan fingerprint density at radius 3 is 2.67 bits per heavy atom. The van der Waals surface area contributed by atoms with E-state index >= 15 is 0 Å². The highest BCUT2D eigenvalue weighted by Gasteiger charge is 2.06. The predicted octanol–water partition coefficient (Wildman–Crippen LogP) is 1.72. The number of nitrogens with zero attached hydrogens (tertiary/aromatic N) is 4. The van der Waals surface area contributed by atoms with Crippen LogP contribution in [-0.2, 0) is 20.1 Å². The van der Waals surface area contributed by atoms with Crippen LogP contribution in [0.1, 0.15) is 25.2 Å². The molecule has 0 aliphatic rings. The topological polar surface area (TPSA) is 76.4 Å². The summed E-state index contributed by atoms with van der Waals surface area (Å²) < 4.78 is 7.61. The minimum absolute atomic E-state index is 0.492. The first-order valence-corrected chi connectivity index (χ1v) is 8.08. The zero-order valence-corrected chi connectivity index (χ0v) is 14.8. The lowest BCUT2D eigenvalue weighted by Crippen LogP contribution is -2.37. The van der Waals surface area contributed by atoms with Gasteiger partial charge in [0.1, 0.15) is 17.9 Å². The molecule has 0 bridgehead atoms. The summed E-state index contributed by atoms with van der Waals surface area (Å²) >= 11 is 0. The first-order chi connectivity index (χ1) is 11.6. The molecule has 0 saturated carbocycles. The van der Waals surface area contributed by atoms with E-state index in [9.17, 15) is 0 Å². The first-order valence-electron chi connectivity index (χ1n) is 8.08. The minimum Gasteiger partial charge on any atom is -0.493 e. The van der Waals surface area contributed by atoms with Crippen LogP contribution in [0.5, 0.6) is 5.75 Å². The zero-order valence-electron chi connectivity index (χ0n) is 14.8. The molecule has 0 amide bonds. The number of nitrogens with one attached hydrogen (secondary N) is 2. The highest BCUT2D eigenvalue weighted by atomic mass is 16.5. The van der Waals surface area contributed by atoms with Crippen molar-refractivity contribution in [3.8, 4) is 5.75 Å². The molecule has 0 unspecified atom stereocenters. The Balaban J connectivity index is 1.90. The van der Waals surface area contributed by atoms with Crippen LogP contribution in [0.3, 0.4) is 0 Å². The average molecular weight is 330 g/mol. The third kappa shape index (κ3) is 5.26. The van der Waals surface area contributed by atoms with E-state index in [0.717, 1.165) is 17.1 Å². The Morgan fingerprint density at radius 2 is 2.00 bits per heavy atom. The maximum atomic E-state index is 5.88. The van der Waals surface area contributed by atoms with E-state index in [1.54, 1.807) is 11.7 Å². The predicted molar refractivity (Wildman–Crippen MR) is 94.8 cm³/mol. The summed E-state index contributed by atoms with van der Waals surface area (Å²) in [5.41, 5.74) is 1.10. The summed E-state index contributed by atoms with van der Waals surface area (Å²) in [6, 6.07) is 8.04. The summed E-state index contributed by atoms with van der Waals surface area (Å²) in [5.74, 6) is 2.95. The van der Waals surface area contributed by atoms with Gasteiger partial charge in [-0.15, -0.1) is 0 Å². The zero-order chi connectivity index (χ0) is 17.4. The van der Waals surface area contributed by atoms with Gasteiger partial charge in [0, 0.05) is 26.2 Å². The summed E-state index contributed by atoms with van der Waals surface area (Å²) in [6.45, 7) is 6.17. The van der Waals surface area contributed by atoms with Gasteiger partial charge in [0.25, 0.3) is 0 Å². The summed E-state index contributed by atoms with van der Waals surface area (Å²) in [6.07, 6.45) is 1.54. The second kappa shape index (κ2) is 8.90. The van der Waals surface area contributed by atoms with Crippen LogP contribution >= 0.6 is 0 Å². The van der Waals surface area contributed by atoms with E-state index in [2.05, 4.69) is 45.6 Å². The molecule has 2 aromatic rings. The molecule has 0 atom stereocenters. The molecule has 0 fully saturated rings. The Labute approximate surface area is 143 Å².